The fraction of sp³-hybridized carbons (Fsp3) is 1.00. The van der Waals surface area contributed by atoms with E-state index in [1.54, 1.807) is 0 Å². The van der Waals surface area contributed by atoms with Gasteiger partial charge in [-0.25, -0.2) is 0 Å². The number of rotatable bonds is 1. The van der Waals surface area contributed by atoms with Crippen LogP contribution < -0.4 is 0 Å². The summed E-state index contributed by atoms with van der Waals surface area (Å²) in [7, 11) is 0. The Morgan fingerprint density at radius 2 is 2.00 bits per heavy atom. The van der Waals surface area contributed by atoms with E-state index in [0.29, 0.717) is 5.41 Å². The molecule has 0 bridgehead atoms. The second-order valence-corrected chi connectivity index (χ2v) is 3.97. The van der Waals surface area contributed by atoms with Crippen molar-refractivity contribution < 1.29 is 4.74 Å². The van der Waals surface area contributed by atoms with Crippen LogP contribution in [0.4, 0.5) is 0 Å². The summed E-state index contributed by atoms with van der Waals surface area (Å²) >= 11 is 0. The van der Waals surface area contributed by atoms with Crippen LogP contribution in [0.15, 0.2) is 0 Å². The minimum absolute atomic E-state index is 0.578. The van der Waals surface area contributed by atoms with Crippen molar-refractivity contribution in [1.29, 1.82) is 0 Å². The van der Waals surface area contributed by atoms with Crippen molar-refractivity contribution in [2.24, 2.45) is 5.41 Å². The molecule has 2 heterocycles. The SMILES string of the molecule is CC.CCN1CCCC2(COC2)C1. The predicted octanol–water partition coefficient (Wildman–Crippen LogP) is 2.14. The fourth-order valence-electron chi connectivity index (χ4n) is 2.21. The van der Waals surface area contributed by atoms with Gasteiger partial charge in [0, 0.05) is 12.0 Å². The highest BCUT2D eigenvalue weighted by atomic mass is 16.5. The first-order valence-electron chi connectivity index (χ1n) is 5.65. The monoisotopic (exact) mass is 185 g/mol. The van der Waals surface area contributed by atoms with Gasteiger partial charge < -0.3 is 9.64 Å². The molecule has 2 fully saturated rings. The number of hydrogen-bond donors (Lipinski definition) is 0. The molecule has 2 rings (SSSR count). The zero-order chi connectivity index (χ0) is 9.73. The molecule has 13 heavy (non-hydrogen) atoms. The number of likely N-dealkylation sites (tertiary alicyclic amines) is 1. The van der Waals surface area contributed by atoms with E-state index in [2.05, 4.69) is 11.8 Å². The lowest BCUT2D eigenvalue weighted by molar-refractivity contribution is -0.143. The highest BCUT2D eigenvalue weighted by Gasteiger charge is 2.41. The molecule has 0 amide bonds. The van der Waals surface area contributed by atoms with Crippen molar-refractivity contribution >= 4 is 0 Å². The first kappa shape index (κ1) is 11.0. The van der Waals surface area contributed by atoms with Gasteiger partial charge in [0.15, 0.2) is 0 Å². The molecule has 2 aliphatic heterocycles. The van der Waals surface area contributed by atoms with Crippen LogP contribution in [0.3, 0.4) is 0 Å². The van der Waals surface area contributed by atoms with Crippen LogP contribution in [0.5, 0.6) is 0 Å². The summed E-state index contributed by atoms with van der Waals surface area (Å²) in [6, 6.07) is 0. The quantitative estimate of drug-likeness (QED) is 0.620. The van der Waals surface area contributed by atoms with Crippen LogP contribution in [-0.4, -0.2) is 37.7 Å². The average molecular weight is 185 g/mol. The molecule has 0 aromatic rings. The number of hydrogen-bond acceptors (Lipinski definition) is 2. The highest BCUT2D eigenvalue weighted by Crippen LogP contribution is 2.36. The predicted molar refractivity (Wildman–Crippen MR) is 55.9 cm³/mol. The summed E-state index contributed by atoms with van der Waals surface area (Å²) in [5, 5.41) is 0. The van der Waals surface area contributed by atoms with Gasteiger partial charge in [0.1, 0.15) is 0 Å². The van der Waals surface area contributed by atoms with Gasteiger partial charge in [-0.15, -0.1) is 0 Å². The first-order valence-corrected chi connectivity index (χ1v) is 5.65. The van der Waals surface area contributed by atoms with Crippen LogP contribution in [0.2, 0.25) is 0 Å². The maximum atomic E-state index is 5.28. The Labute approximate surface area is 82.3 Å². The molecule has 0 atom stereocenters. The van der Waals surface area contributed by atoms with Crippen LogP contribution >= 0.6 is 0 Å². The molecule has 0 radical (unpaired) electrons. The lowest BCUT2D eigenvalue weighted by Gasteiger charge is -2.48. The molecule has 78 valence electrons. The second kappa shape index (κ2) is 4.97. The molecule has 2 heteroatoms. The number of ether oxygens (including phenoxy) is 1. The average Bonchev–Trinajstić information content (AvgIpc) is 2.19. The zero-order valence-corrected chi connectivity index (χ0v) is 9.31. The van der Waals surface area contributed by atoms with E-state index in [-0.39, 0.29) is 0 Å². The van der Waals surface area contributed by atoms with Crippen molar-refractivity contribution in [1.82, 2.24) is 4.90 Å². The first-order chi connectivity index (χ1) is 6.35. The Morgan fingerprint density at radius 1 is 1.31 bits per heavy atom. The molecule has 2 nitrogen and oxygen atoms in total. The molecular weight excluding hydrogens is 162 g/mol. The highest BCUT2D eigenvalue weighted by molar-refractivity contribution is 4.91. The summed E-state index contributed by atoms with van der Waals surface area (Å²) in [5.74, 6) is 0. The normalized spacial score (nSPS) is 26.1. The van der Waals surface area contributed by atoms with E-state index in [4.69, 9.17) is 4.74 Å². The zero-order valence-electron chi connectivity index (χ0n) is 9.31. The van der Waals surface area contributed by atoms with Crippen molar-refractivity contribution in [3.05, 3.63) is 0 Å². The number of piperidine rings is 1. The van der Waals surface area contributed by atoms with E-state index < -0.39 is 0 Å². The van der Waals surface area contributed by atoms with Gasteiger partial charge in [-0.3, -0.25) is 0 Å². The Balaban J connectivity index is 0.000000396. The van der Waals surface area contributed by atoms with Crippen molar-refractivity contribution in [2.75, 3.05) is 32.8 Å². The lowest BCUT2D eigenvalue weighted by atomic mass is 9.78. The van der Waals surface area contributed by atoms with Gasteiger partial charge in [-0.2, -0.15) is 0 Å². The third kappa shape index (κ3) is 2.44. The van der Waals surface area contributed by atoms with Crippen LogP contribution in [0.1, 0.15) is 33.6 Å². The summed E-state index contributed by atoms with van der Waals surface area (Å²) in [6.45, 7) is 12.1. The van der Waals surface area contributed by atoms with Gasteiger partial charge in [0.05, 0.1) is 13.2 Å². The second-order valence-electron chi connectivity index (χ2n) is 3.97. The molecule has 0 unspecified atom stereocenters. The van der Waals surface area contributed by atoms with Crippen molar-refractivity contribution in [3.63, 3.8) is 0 Å². The molecular formula is C11H23NO. The number of nitrogens with zero attached hydrogens (tertiary/aromatic N) is 1. The summed E-state index contributed by atoms with van der Waals surface area (Å²) in [4.78, 5) is 2.55. The Bertz CT molecular complexity index is 143. The van der Waals surface area contributed by atoms with E-state index in [1.165, 1.54) is 32.5 Å². The summed E-state index contributed by atoms with van der Waals surface area (Å²) < 4.78 is 5.28. The van der Waals surface area contributed by atoms with E-state index in [0.717, 1.165) is 13.2 Å². The summed E-state index contributed by atoms with van der Waals surface area (Å²) in [6.07, 6.45) is 2.76. The van der Waals surface area contributed by atoms with Crippen LogP contribution in [-0.2, 0) is 4.74 Å². The molecule has 1 spiro atoms. The van der Waals surface area contributed by atoms with E-state index in [9.17, 15) is 0 Å². The van der Waals surface area contributed by atoms with Gasteiger partial charge in [0.2, 0.25) is 0 Å². The molecule has 0 aromatic heterocycles. The van der Waals surface area contributed by atoms with Crippen LogP contribution in [0.25, 0.3) is 0 Å². The van der Waals surface area contributed by atoms with Gasteiger partial charge in [-0.1, -0.05) is 20.8 Å². The molecule has 2 saturated heterocycles. The topological polar surface area (TPSA) is 12.5 Å². The molecule has 0 saturated carbocycles. The van der Waals surface area contributed by atoms with E-state index in [1.807, 2.05) is 13.8 Å². The molecule has 0 aromatic carbocycles. The smallest absolute Gasteiger partial charge is 0.0557 e. The fourth-order valence-corrected chi connectivity index (χ4v) is 2.21. The Kier molecular flexibility index (Phi) is 4.20. The van der Waals surface area contributed by atoms with Crippen molar-refractivity contribution in [2.45, 2.75) is 33.6 Å². The maximum absolute atomic E-state index is 5.28. The molecule has 0 N–H and O–H groups in total. The molecule has 2 aliphatic rings. The Morgan fingerprint density at radius 3 is 2.46 bits per heavy atom. The summed E-state index contributed by atoms with van der Waals surface area (Å²) in [5.41, 5.74) is 0.578. The Hall–Kier alpha value is -0.0800. The van der Waals surface area contributed by atoms with Crippen LogP contribution in [0, 0.1) is 5.41 Å². The van der Waals surface area contributed by atoms with Gasteiger partial charge in [0.25, 0.3) is 0 Å². The minimum Gasteiger partial charge on any atom is -0.380 e. The standard InChI is InChI=1S/C9H17NO.C2H6/c1-2-10-5-3-4-9(6-10)7-11-8-9;1-2/h2-8H2,1H3;1-2H3. The third-order valence-electron chi connectivity index (χ3n) is 3.00. The minimum atomic E-state index is 0.578. The maximum Gasteiger partial charge on any atom is 0.0557 e. The molecule has 0 aliphatic carbocycles. The van der Waals surface area contributed by atoms with Crippen molar-refractivity contribution in [3.8, 4) is 0 Å². The van der Waals surface area contributed by atoms with E-state index >= 15 is 0 Å². The largest absolute Gasteiger partial charge is 0.380 e. The van der Waals surface area contributed by atoms with Gasteiger partial charge >= 0.3 is 0 Å². The third-order valence-corrected chi connectivity index (χ3v) is 3.00. The lowest BCUT2D eigenvalue weighted by Crippen LogP contribution is -2.54. The van der Waals surface area contributed by atoms with Gasteiger partial charge in [-0.05, 0) is 25.9 Å².